The van der Waals surface area contributed by atoms with Gasteiger partial charge < -0.3 is 19.2 Å². The van der Waals surface area contributed by atoms with Gasteiger partial charge in [-0.25, -0.2) is 4.98 Å². The highest BCUT2D eigenvalue weighted by molar-refractivity contribution is 7.13. The number of nitrogens with zero attached hydrogens (tertiary/aromatic N) is 1. The fourth-order valence-electron chi connectivity index (χ4n) is 2.50. The first-order valence-electron chi connectivity index (χ1n) is 7.27. The molecule has 1 saturated heterocycles. The van der Waals surface area contributed by atoms with Crippen LogP contribution in [0.2, 0.25) is 6.32 Å². The monoisotopic (exact) mass is 319 g/mol. The maximum atomic E-state index is 9.46. The van der Waals surface area contributed by atoms with Crippen LogP contribution in [0.1, 0.15) is 18.5 Å². The van der Waals surface area contributed by atoms with Crippen LogP contribution in [0.4, 0.5) is 0 Å². The van der Waals surface area contributed by atoms with E-state index in [-0.39, 0.29) is 5.92 Å². The van der Waals surface area contributed by atoms with Gasteiger partial charge >= 0.3 is 7.12 Å². The molecule has 0 amide bonds. The highest BCUT2D eigenvalue weighted by Crippen LogP contribution is 2.36. The second kappa shape index (κ2) is 6.68. The summed E-state index contributed by atoms with van der Waals surface area (Å²) in [7, 11) is 0.963. The Morgan fingerprint density at radius 2 is 2.32 bits per heavy atom. The molecule has 1 aliphatic rings. The largest absolute Gasteiger partial charge is 0.493 e. The molecule has 3 rings (SSSR count). The van der Waals surface area contributed by atoms with Crippen LogP contribution in [0.15, 0.2) is 23.6 Å². The minimum absolute atomic E-state index is 0.171. The summed E-state index contributed by atoms with van der Waals surface area (Å²) in [5.74, 6) is 1.61. The molecule has 0 radical (unpaired) electrons. The van der Waals surface area contributed by atoms with Gasteiger partial charge in [0.1, 0.15) is 5.01 Å². The molecule has 116 valence electrons. The number of ether oxygens (including phenoxy) is 2. The van der Waals surface area contributed by atoms with Crippen LogP contribution in [-0.2, 0) is 4.65 Å². The van der Waals surface area contributed by atoms with E-state index in [1.165, 1.54) is 0 Å². The third-order valence-electron chi connectivity index (χ3n) is 3.63. The van der Waals surface area contributed by atoms with Gasteiger partial charge in [-0.05, 0) is 31.4 Å². The van der Waals surface area contributed by atoms with Crippen LogP contribution in [0, 0.1) is 0 Å². The van der Waals surface area contributed by atoms with Crippen molar-refractivity contribution in [3.63, 3.8) is 0 Å². The summed E-state index contributed by atoms with van der Waals surface area (Å²) in [6, 6.07) is 5.82. The standard InChI is InChI=1S/C15H18BNO4S/c1-3-20-14-6-10(4-5-13(14)19-2)15-17-12(9-22-15)11-7-16(18)21-8-11/h4-6,9,11,18H,3,7-8H2,1-2H3/t11-/m1/s1. The molecule has 22 heavy (non-hydrogen) atoms. The smallest absolute Gasteiger partial charge is 0.454 e. The number of benzene rings is 1. The lowest BCUT2D eigenvalue weighted by Gasteiger charge is -2.10. The van der Waals surface area contributed by atoms with Crippen molar-refractivity contribution < 1.29 is 19.2 Å². The lowest BCUT2D eigenvalue weighted by molar-refractivity contribution is 0.291. The zero-order chi connectivity index (χ0) is 15.5. The highest BCUT2D eigenvalue weighted by Gasteiger charge is 2.31. The number of thiazole rings is 1. The summed E-state index contributed by atoms with van der Waals surface area (Å²) in [6.07, 6.45) is 0.607. The molecule has 0 aliphatic carbocycles. The molecular formula is C15H18BNO4S. The van der Waals surface area contributed by atoms with E-state index in [0.717, 1.165) is 27.8 Å². The van der Waals surface area contributed by atoms with Gasteiger partial charge in [-0.2, -0.15) is 0 Å². The van der Waals surface area contributed by atoms with Crippen LogP contribution >= 0.6 is 11.3 Å². The molecule has 2 aromatic rings. The van der Waals surface area contributed by atoms with Crippen molar-refractivity contribution in [2.75, 3.05) is 20.3 Å². The minimum atomic E-state index is -0.666. The SMILES string of the molecule is CCOc1cc(-c2nc([C@H]3COB(O)C3)cs2)ccc1OC. The number of methoxy groups -OCH3 is 1. The third kappa shape index (κ3) is 3.11. The van der Waals surface area contributed by atoms with E-state index in [2.05, 4.69) is 4.98 Å². The van der Waals surface area contributed by atoms with Crippen molar-refractivity contribution in [1.29, 1.82) is 0 Å². The maximum Gasteiger partial charge on any atom is 0.454 e. The fourth-order valence-corrected chi connectivity index (χ4v) is 3.40. The molecule has 1 fully saturated rings. The maximum absolute atomic E-state index is 9.46. The summed E-state index contributed by atoms with van der Waals surface area (Å²) in [4.78, 5) is 4.68. The topological polar surface area (TPSA) is 60.8 Å². The van der Waals surface area contributed by atoms with Crippen LogP contribution < -0.4 is 9.47 Å². The molecule has 0 unspecified atom stereocenters. The number of rotatable bonds is 5. The molecule has 2 heterocycles. The second-order valence-corrected chi connectivity index (χ2v) is 5.95. The van der Waals surface area contributed by atoms with E-state index >= 15 is 0 Å². The molecule has 1 atom stereocenters. The minimum Gasteiger partial charge on any atom is -0.493 e. The van der Waals surface area contributed by atoms with E-state index in [9.17, 15) is 5.02 Å². The lowest BCUT2D eigenvalue weighted by atomic mass is 9.81. The Balaban J connectivity index is 1.85. The molecule has 5 nitrogen and oxygen atoms in total. The molecule has 0 bridgehead atoms. The Labute approximate surface area is 134 Å². The van der Waals surface area contributed by atoms with E-state index < -0.39 is 7.12 Å². The molecule has 0 saturated carbocycles. The Morgan fingerprint density at radius 3 is 3.00 bits per heavy atom. The Hall–Kier alpha value is -1.57. The van der Waals surface area contributed by atoms with Gasteiger partial charge in [-0.15, -0.1) is 11.3 Å². The van der Waals surface area contributed by atoms with Crippen LogP contribution in [0.3, 0.4) is 0 Å². The first kappa shape index (κ1) is 15.3. The van der Waals surface area contributed by atoms with Crippen LogP contribution in [0.5, 0.6) is 11.5 Å². The molecule has 1 aromatic heterocycles. The fraction of sp³-hybridized carbons (Fsp3) is 0.400. The molecule has 1 aromatic carbocycles. The van der Waals surface area contributed by atoms with Crippen molar-refractivity contribution in [2.45, 2.75) is 19.2 Å². The summed E-state index contributed by atoms with van der Waals surface area (Å²) in [6.45, 7) is 3.05. The van der Waals surface area contributed by atoms with Crippen LogP contribution in [0.25, 0.3) is 10.6 Å². The van der Waals surface area contributed by atoms with E-state index in [1.807, 2.05) is 30.5 Å². The number of hydrogen-bond donors (Lipinski definition) is 1. The molecule has 1 aliphatic heterocycles. The molecule has 0 spiro atoms. The first-order valence-corrected chi connectivity index (χ1v) is 8.15. The quantitative estimate of drug-likeness (QED) is 0.859. The van der Waals surface area contributed by atoms with Gasteiger partial charge in [0.05, 0.1) is 19.4 Å². The summed E-state index contributed by atoms with van der Waals surface area (Å²) >= 11 is 1.59. The predicted molar refractivity (Wildman–Crippen MR) is 86.7 cm³/mol. The molecule has 7 heteroatoms. The summed E-state index contributed by atoms with van der Waals surface area (Å²) < 4.78 is 16.1. The van der Waals surface area contributed by atoms with Gasteiger partial charge in [-0.1, -0.05) is 0 Å². The number of hydrogen-bond acceptors (Lipinski definition) is 6. The average Bonchev–Trinajstić information content (AvgIpc) is 3.16. The van der Waals surface area contributed by atoms with Crippen molar-refractivity contribution in [3.05, 3.63) is 29.3 Å². The third-order valence-corrected chi connectivity index (χ3v) is 4.54. The van der Waals surface area contributed by atoms with Crippen molar-refractivity contribution >= 4 is 18.5 Å². The summed E-state index contributed by atoms with van der Waals surface area (Å²) in [5.41, 5.74) is 1.98. The first-order chi connectivity index (χ1) is 10.7. The van der Waals surface area contributed by atoms with Gasteiger partial charge in [0, 0.05) is 23.5 Å². The van der Waals surface area contributed by atoms with Gasteiger partial charge in [0.15, 0.2) is 11.5 Å². The molecular weight excluding hydrogens is 301 g/mol. The average molecular weight is 319 g/mol. The normalized spacial score (nSPS) is 17.8. The van der Waals surface area contributed by atoms with Crippen molar-refractivity contribution in [1.82, 2.24) is 4.98 Å². The van der Waals surface area contributed by atoms with Crippen molar-refractivity contribution in [3.8, 4) is 22.1 Å². The Morgan fingerprint density at radius 1 is 1.45 bits per heavy atom. The number of aromatic nitrogens is 1. The predicted octanol–water partition coefficient (Wildman–Crippen LogP) is 2.81. The van der Waals surface area contributed by atoms with Crippen molar-refractivity contribution in [2.24, 2.45) is 0 Å². The zero-order valence-electron chi connectivity index (χ0n) is 12.6. The van der Waals surface area contributed by atoms with Crippen LogP contribution in [-0.4, -0.2) is 37.4 Å². The highest BCUT2D eigenvalue weighted by atomic mass is 32.1. The van der Waals surface area contributed by atoms with E-state index in [0.29, 0.717) is 19.5 Å². The Kier molecular flexibility index (Phi) is 4.66. The van der Waals surface area contributed by atoms with E-state index in [1.54, 1.807) is 18.4 Å². The van der Waals surface area contributed by atoms with Gasteiger partial charge in [0.25, 0.3) is 0 Å². The van der Waals surface area contributed by atoms with Gasteiger partial charge in [0.2, 0.25) is 0 Å². The molecule has 1 N–H and O–H groups in total. The van der Waals surface area contributed by atoms with Gasteiger partial charge in [-0.3, -0.25) is 0 Å². The second-order valence-electron chi connectivity index (χ2n) is 5.10. The Bertz CT molecular complexity index is 648. The zero-order valence-corrected chi connectivity index (χ0v) is 13.4. The van der Waals surface area contributed by atoms with E-state index in [4.69, 9.17) is 14.1 Å². The summed E-state index contributed by atoms with van der Waals surface area (Å²) in [5, 5.41) is 12.4. The lowest BCUT2D eigenvalue weighted by Crippen LogP contribution is -2.07.